The van der Waals surface area contributed by atoms with E-state index < -0.39 is 0 Å². The van der Waals surface area contributed by atoms with Crippen LogP contribution in [0.5, 0.6) is 5.75 Å². The van der Waals surface area contributed by atoms with Gasteiger partial charge in [-0.1, -0.05) is 0 Å². The molecule has 0 saturated heterocycles. The van der Waals surface area contributed by atoms with Gasteiger partial charge in [-0.15, -0.1) is 0 Å². The number of furan rings is 1. The number of rotatable bonds is 5. The van der Waals surface area contributed by atoms with Gasteiger partial charge in [0.25, 0.3) is 0 Å². The van der Waals surface area contributed by atoms with Crippen LogP contribution in [-0.2, 0) is 6.54 Å². The molecule has 0 amide bonds. The average molecular weight is 314 g/mol. The maximum atomic E-state index is 13.6. The van der Waals surface area contributed by atoms with Gasteiger partial charge in [0.2, 0.25) is 0 Å². The number of halogens is 2. The van der Waals surface area contributed by atoms with Crippen LogP contribution in [0, 0.1) is 5.82 Å². The van der Waals surface area contributed by atoms with Gasteiger partial charge in [-0.25, -0.2) is 4.39 Å². The van der Waals surface area contributed by atoms with Crippen molar-refractivity contribution in [2.45, 2.75) is 13.5 Å². The smallest absolute Gasteiger partial charge is 0.169 e. The number of hydrogen-bond acceptors (Lipinski definition) is 3. The molecule has 3 nitrogen and oxygen atoms in total. The molecular weight excluding hydrogens is 301 g/mol. The van der Waals surface area contributed by atoms with Gasteiger partial charge in [0.15, 0.2) is 16.2 Å². The van der Waals surface area contributed by atoms with Crippen molar-refractivity contribution in [3.8, 4) is 5.75 Å². The minimum absolute atomic E-state index is 0.267. The summed E-state index contributed by atoms with van der Waals surface area (Å²) in [6.07, 6.45) is 0. The lowest BCUT2D eigenvalue weighted by molar-refractivity contribution is 0.321. The molecule has 0 saturated carbocycles. The van der Waals surface area contributed by atoms with E-state index in [1.165, 1.54) is 6.07 Å². The average Bonchev–Trinajstić information content (AvgIpc) is 2.76. The number of hydrogen-bond donors (Lipinski definition) is 1. The van der Waals surface area contributed by atoms with Crippen molar-refractivity contribution in [3.63, 3.8) is 0 Å². The summed E-state index contributed by atoms with van der Waals surface area (Å²) in [5, 5.41) is 3.07. The fourth-order valence-electron chi connectivity index (χ4n) is 1.52. The number of anilines is 1. The molecule has 1 aromatic carbocycles. The summed E-state index contributed by atoms with van der Waals surface area (Å²) in [7, 11) is 0. The topological polar surface area (TPSA) is 34.4 Å². The first kappa shape index (κ1) is 13.0. The molecule has 1 N–H and O–H groups in total. The monoisotopic (exact) mass is 313 g/mol. The summed E-state index contributed by atoms with van der Waals surface area (Å²) in [6.45, 7) is 2.77. The van der Waals surface area contributed by atoms with Gasteiger partial charge in [-0.3, -0.25) is 0 Å². The van der Waals surface area contributed by atoms with E-state index in [0.29, 0.717) is 23.5 Å². The Labute approximate surface area is 113 Å². The zero-order valence-electron chi connectivity index (χ0n) is 9.87. The normalized spacial score (nSPS) is 10.4. The molecule has 1 aromatic heterocycles. The van der Waals surface area contributed by atoms with Crippen LogP contribution < -0.4 is 10.1 Å². The number of nitrogens with one attached hydrogen (secondary N) is 1. The minimum Gasteiger partial charge on any atom is -0.491 e. The van der Waals surface area contributed by atoms with Crippen LogP contribution in [0.3, 0.4) is 0 Å². The molecule has 0 aliphatic carbocycles. The Bertz CT molecular complexity index is 527. The fraction of sp³-hybridized carbons (Fsp3) is 0.231. The first-order chi connectivity index (χ1) is 8.69. The molecule has 96 valence electrons. The molecule has 0 atom stereocenters. The van der Waals surface area contributed by atoms with Gasteiger partial charge in [0.05, 0.1) is 13.2 Å². The molecule has 2 rings (SSSR count). The van der Waals surface area contributed by atoms with Crippen molar-refractivity contribution in [3.05, 3.63) is 46.6 Å². The molecular formula is C13H13BrFNO2. The molecule has 0 aliphatic heterocycles. The standard InChI is InChI=1S/C13H13BrFNO2/c1-2-17-12-5-3-9(7-11(12)15)16-8-10-4-6-13(14)18-10/h3-7,16H,2,8H2,1H3. The van der Waals surface area contributed by atoms with Crippen molar-refractivity contribution in [1.82, 2.24) is 0 Å². The lowest BCUT2D eigenvalue weighted by Gasteiger charge is -2.08. The second-order valence-corrected chi connectivity index (χ2v) is 4.42. The van der Waals surface area contributed by atoms with Crippen LogP contribution in [0.2, 0.25) is 0 Å². The Hall–Kier alpha value is -1.49. The Morgan fingerprint density at radius 3 is 2.78 bits per heavy atom. The van der Waals surface area contributed by atoms with E-state index in [1.807, 2.05) is 19.1 Å². The van der Waals surface area contributed by atoms with Crippen molar-refractivity contribution in [1.29, 1.82) is 0 Å². The van der Waals surface area contributed by atoms with Crippen molar-refractivity contribution < 1.29 is 13.5 Å². The van der Waals surface area contributed by atoms with Gasteiger partial charge < -0.3 is 14.5 Å². The molecule has 1 heterocycles. The highest BCUT2D eigenvalue weighted by Gasteiger charge is 2.05. The zero-order valence-corrected chi connectivity index (χ0v) is 11.5. The largest absolute Gasteiger partial charge is 0.491 e. The second-order valence-electron chi connectivity index (χ2n) is 3.64. The molecule has 0 unspecified atom stereocenters. The van der Waals surface area contributed by atoms with Gasteiger partial charge in [0.1, 0.15) is 5.76 Å². The van der Waals surface area contributed by atoms with E-state index in [4.69, 9.17) is 9.15 Å². The maximum Gasteiger partial charge on any atom is 0.169 e. The van der Waals surface area contributed by atoms with Crippen molar-refractivity contribution in [2.24, 2.45) is 0 Å². The lowest BCUT2D eigenvalue weighted by Crippen LogP contribution is -2.00. The Morgan fingerprint density at radius 1 is 1.33 bits per heavy atom. The third-order valence-corrected chi connectivity index (χ3v) is 2.75. The second kappa shape index (κ2) is 5.91. The highest BCUT2D eigenvalue weighted by molar-refractivity contribution is 9.10. The summed E-state index contributed by atoms with van der Waals surface area (Å²) in [4.78, 5) is 0. The zero-order chi connectivity index (χ0) is 13.0. The molecule has 5 heteroatoms. The summed E-state index contributed by atoms with van der Waals surface area (Å²) >= 11 is 3.23. The van der Waals surface area contributed by atoms with Crippen molar-refractivity contribution >= 4 is 21.6 Å². The highest BCUT2D eigenvalue weighted by atomic mass is 79.9. The fourth-order valence-corrected chi connectivity index (χ4v) is 1.86. The van der Waals surface area contributed by atoms with E-state index >= 15 is 0 Å². The quantitative estimate of drug-likeness (QED) is 0.898. The molecule has 0 bridgehead atoms. The van der Waals surface area contributed by atoms with E-state index in [-0.39, 0.29) is 11.6 Å². The summed E-state index contributed by atoms with van der Waals surface area (Å²) in [5.74, 6) is 0.669. The number of ether oxygens (including phenoxy) is 1. The molecule has 0 fully saturated rings. The SMILES string of the molecule is CCOc1ccc(NCc2ccc(Br)o2)cc1F. The summed E-state index contributed by atoms with van der Waals surface area (Å²) < 4.78 is 24.7. The Kier molecular flexibility index (Phi) is 4.25. The molecule has 0 radical (unpaired) electrons. The van der Waals surface area contributed by atoms with Crippen LogP contribution in [-0.4, -0.2) is 6.61 Å². The third kappa shape index (κ3) is 3.26. The van der Waals surface area contributed by atoms with Crippen LogP contribution in [0.25, 0.3) is 0 Å². The van der Waals surface area contributed by atoms with Crippen molar-refractivity contribution in [2.75, 3.05) is 11.9 Å². The van der Waals surface area contributed by atoms with E-state index in [2.05, 4.69) is 21.2 Å². The number of benzene rings is 1. The summed E-state index contributed by atoms with van der Waals surface area (Å²) in [5.41, 5.74) is 0.684. The van der Waals surface area contributed by atoms with Gasteiger partial charge in [0, 0.05) is 11.8 Å². The molecule has 2 aromatic rings. The van der Waals surface area contributed by atoms with E-state index in [9.17, 15) is 4.39 Å². The van der Waals surface area contributed by atoms with Gasteiger partial charge in [-0.05, 0) is 47.1 Å². The predicted molar refractivity (Wildman–Crippen MR) is 71.3 cm³/mol. The maximum absolute atomic E-state index is 13.6. The van der Waals surface area contributed by atoms with Crippen LogP contribution in [0.15, 0.2) is 39.4 Å². The summed E-state index contributed by atoms with van der Waals surface area (Å²) in [6, 6.07) is 8.45. The highest BCUT2D eigenvalue weighted by Crippen LogP contribution is 2.22. The predicted octanol–water partition coefficient (Wildman–Crippen LogP) is 4.19. The first-order valence-electron chi connectivity index (χ1n) is 5.59. The minimum atomic E-state index is -0.373. The van der Waals surface area contributed by atoms with E-state index in [0.717, 1.165) is 5.76 Å². The first-order valence-corrected chi connectivity index (χ1v) is 6.38. The van der Waals surface area contributed by atoms with Gasteiger partial charge >= 0.3 is 0 Å². The lowest BCUT2D eigenvalue weighted by atomic mass is 10.3. The van der Waals surface area contributed by atoms with Crippen LogP contribution in [0.1, 0.15) is 12.7 Å². The van der Waals surface area contributed by atoms with Gasteiger partial charge in [-0.2, -0.15) is 0 Å². The Morgan fingerprint density at radius 2 is 2.17 bits per heavy atom. The van der Waals surface area contributed by atoms with Crippen LogP contribution >= 0.6 is 15.9 Å². The third-order valence-electron chi connectivity index (χ3n) is 2.33. The Balaban J connectivity index is 1.99. The van der Waals surface area contributed by atoms with E-state index in [1.54, 1.807) is 12.1 Å². The van der Waals surface area contributed by atoms with Crippen LogP contribution in [0.4, 0.5) is 10.1 Å². The molecule has 18 heavy (non-hydrogen) atoms. The molecule has 0 aliphatic rings. The molecule has 0 spiro atoms.